The predicted molar refractivity (Wildman–Crippen MR) is 122 cm³/mol. The number of aliphatic imine (C=N–C) groups is 1. The van der Waals surface area contributed by atoms with Crippen molar-refractivity contribution in [2.75, 3.05) is 33.4 Å². The number of benzene rings is 1. The van der Waals surface area contributed by atoms with Gasteiger partial charge in [-0.25, -0.2) is 4.98 Å². The molecule has 3 heterocycles. The summed E-state index contributed by atoms with van der Waals surface area (Å²) in [7, 11) is 1.76. The quantitative estimate of drug-likeness (QED) is 0.348. The van der Waals surface area contributed by atoms with E-state index in [4.69, 9.17) is 13.9 Å². The van der Waals surface area contributed by atoms with E-state index in [0.29, 0.717) is 49.6 Å². The van der Waals surface area contributed by atoms with E-state index in [2.05, 4.69) is 55.9 Å². The van der Waals surface area contributed by atoms with Gasteiger partial charge < -0.3 is 24.5 Å². The zero-order valence-electron chi connectivity index (χ0n) is 18.6. The van der Waals surface area contributed by atoms with Crippen LogP contribution in [-0.2, 0) is 17.7 Å². The lowest BCUT2D eigenvalue weighted by Crippen LogP contribution is -2.38. The molecule has 9 heteroatoms. The van der Waals surface area contributed by atoms with Gasteiger partial charge in [0.15, 0.2) is 11.7 Å². The highest BCUT2D eigenvalue weighted by molar-refractivity contribution is 5.79. The van der Waals surface area contributed by atoms with Gasteiger partial charge in [0.1, 0.15) is 11.6 Å². The first-order valence-corrected chi connectivity index (χ1v) is 10.9. The van der Waals surface area contributed by atoms with Crippen molar-refractivity contribution in [2.24, 2.45) is 10.9 Å². The molecular formula is C23H30N6O3. The third kappa shape index (κ3) is 5.88. The Labute approximate surface area is 187 Å². The van der Waals surface area contributed by atoms with Crippen molar-refractivity contribution in [1.29, 1.82) is 0 Å². The van der Waals surface area contributed by atoms with Crippen molar-refractivity contribution in [2.45, 2.75) is 26.3 Å². The fraction of sp³-hybridized carbons (Fsp3) is 0.435. The van der Waals surface area contributed by atoms with Crippen LogP contribution in [0.25, 0.3) is 11.6 Å². The summed E-state index contributed by atoms with van der Waals surface area (Å²) in [4.78, 5) is 8.77. The maximum atomic E-state index is 6.13. The molecule has 1 aromatic carbocycles. The Bertz CT molecular complexity index is 1010. The number of nitrogens with zero attached hydrogens (tertiary/aromatic N) is 3. The molecule has 0 amide bonds. The summed E-state index contributed by atoms with van der Waals surface area (Å²) in [5, 5.41) is 13.8. The van der Waals surface area contributed by atoms with Gasteiger partial charge >= 0.3 is 0 Å². The molecule has 3 aromatic rings. The summed E-state index contributed by atoms with van der Waals surface area (Å²) in [6.45, 7) is 5.64. The highest BCUT2D eigenvalue weighted by Gasteiger charge is 2.17. The molecule has 3 N–H and O–H groups in total. The average molecular weight is 439 g/mol. The van der Waals surface area contributed by atoms with Crippen LogP contribution in [0.15, 0.2) is 46.0 Å². The lowest BCUT2D eigenvalue weighted by molar-refractivity contribution is 0.166. The summed E-state index contributed by atoms with van der Waals surface area (Å²) < 4.78 is 16.9. The van der Waals surface area contributed by atoms with Crippen LogP contribution in [0.1, 0.15) is 23.4 Å². The molecular weight excluding hydrogens is 408 g/mol. The molecule has 1 atom stereocenters. The number of aromatic nitrogens is 3. The van der Waals surface area contributed by atoms with Crippen LogP contribution in [0, 0.1) is 12.8 Å². The normalized spacial score (nSPS) is 16.3. The van der Waals surface area contributed by atoms with Gasteiger partial charge in [-0.3, -0.25) is 10.1 Å². The number of aryl methyl sites for hydroxylation is 1. The van der Waals surface area contributed by atoms with Crippen molar-refractivity contribution in [1.82, 2.24) is 25.8 Å². The lowest BCUT2D eigenvalue weighted by atomic mass is 10.1. The van der Waals surface area contributed by atoms with Gasteiger partial charge in [-0.15, -0.1) is 0 Å². The number of hydrogen-bond donors (Lipinski definition) is 3. The standard InChI is InChI=1S/C23H30N6O3/c1-16-5-6-18(20(12-16)32-15-17-8-11-30-14-17)13-26-23(24-2)25-9-7-21-27-22(29-28-21)19-4-3-10-31-19/h3-6,10,12,17H,7-9,11,13-15H2,1-2H3,(H2,24,25,26)(H,27,28,29). The highest BCUT2D eigenvalue weighted by atomic mass is 16.5. The molecule has 170 valence electrons. The van der Waals surface area contributed by atoms with Gasteiger partial charge in [0.05, 0.1) is 19.5 Å². The Morgan fingerprint density at radius 3 is 3.03 bits per heavy atom. The summed E-state index contributed by atoms with van der Waals surface area (Å²) in [5.74, 6) is 4.08. The third-order valence-electron chi connectivity index (χ3n) is 5.32. The summed E-state index contributed by atoms with van der Waals surface area (Å²) in [6, 6.07) is 9.93. The van der Waals surface area contributed by atoms with Crippen molar-refractivity contribution >= 4 is 5.96 Å². The molecule has 1 saturated heterocycles. The fourth-order valence-corrected chi connectivity index (χ4v) is 3.49. The molecule has 9 nitrogen and oxygen atoms in total. The molecule has 0 radical (unpaired) electrons. The first-order valence-electron chi connectivity index (χ1n) is 10.9. The van der Waals surface area contributed by atoms with Gasteiger partial charge in [0.25, 0.3) is 0 Å². The van der Waals surface area contributed by atoms with Crippen molar-refractivity contribution in [3.05, 3.63) is 53.5 Å². The average Bonchev–Trinajstić information content (AvgIpc) is 3.58. The van der Waals surface area contributed by atoms with Crippen LogP contribution < -0.4 is 15.4 Å². The number of hydrogen-bond acceptors (Lipinski definition) is 6. The van der Waals surface area contributed by atoms with E-state index < -0.39 is 0 Å². The third-order valence-corrected chi connectivity index (χ3v) is 5.32. The molecule has 1 unspecified atom stereocenters. The highest BCUT2D eigenvalue weighted by Crippen LogP contribution is 2.22. The molecule has 0 spiro atoms. The molecule has 2 aromatic heterocycles. The number of nitrogens with one attached hydrogen (secondary N) is 3. The fourth-order valence-electron chi connectivity index (χ4n) is 3.49. The van der Waals surface area contributed by atoms with Crippen LogP contribution in [0.2, 0.25) is 0 Å². The van der Waals surface area contributed by atoms with Crippen molar-refractivity contribution in [3.63, 3.8) is 0 Å². The Kier molecular flexibility index (Phi) is 7.39. The second kappa shape index (κ2) is 10.8. The van der Waals surface area contributed by atoms with Crippen molar-refractivity contribution in [3.8, 4) is 17.3 Å². The number of rotatable bonds is 9. The number of guanidine groups is 1. The molecule has 0 aliphatic carbocycles. The minimum atomic E-state index is 0.468. The van der Waals surface area contributed by atoms with E-state index in [1.54, 1.807) is 13.3 Å². The number of aromatic amines is 1. The lowest BCUT2D eigenvalue weighted by Gasteiger charge is -2.16. The maximum Gasteiger partial charge on any atom is 0.216 e. The van der Waals surface area contributed by atoms with Crippen LogP contribution in [-0.4, -0.2) is 54.6 Å². The van der Waals surface area contributed by atoms with Crippen LogP contribution >= 0.6 is 0 Å². The minimum Gasteiger partial charge on any atom is -0.493 e. The Hall–Kier alpha value is -3.33. The summed E-state index contributed by atoms with van der Waals surface area (Å²) >= 11 is 0. The van der Waals surface area contributed by atoms with E-state index in [1.165, 1.54) is 5.56 Å². The first kappa shape index (κ1) is 21.9. The van der Waals surface area contributed by atoms with Crippen LogP contribution in [0.4, 0.5) is 0 Å². The molecule has 1 fully saturated rings. The van der Waals surface area contributed by atoms with E-state index in [0.717, 1.165) is 36.8 Å². The molecule has 1 aliphatic heterocycles. The second-order valence-corrected chi connectivity index (χ2v) is 7.84. The Morgan fingerprint density at radius 2 is 2.25 bits per heavy atom. The molecule has 1 aliphatic rings. The smallest absolute Gasteiger partial charge is 0.216 e. The van der Waals surface area contributed by atoms with E-state index in [9.17, 15) is 0 Å². The zero-order valence-corrected chi connectivity index (χ0v) is 18.6. The minimum absolute atomic E-state index is 0.468. The Balaban J connectivity index is 1.26. The summed E-state index contributed by atoms with van der Waals surface area (Å²) in [6.07, 6.45) is 3.34. The summed E-state index contributed by atoms with van der Waals surface area (Å²) in [5.41, 5.74) is 2.27. The van der Waals surface area contributed by atoms with Crippen LogP contribution in [0.5, 0.6) is 5.75 Å². The predicted octanol–water partition coefficient (Wildman–Crippen LogP) is 2.70. The zero-order chi connectivity index (χ0) is 22.2. The van der Waals surface area contributed by atoms with Crippen molar-refractivity contribution < 1.29 is 13.9 Å². The van der Waals surface area contributed by atoms with Gasteiger partial charge in [-0.05, 0) is 37.1 Å². The molecule has 0 saturated carbocycles. The SMILES string of the molecule is CN=C(NCCc1nc(-c2ccco2)n[nH]1)NCc1ccc(C)cc1OCC1CCOC1. The topological polar surface area (TPSA) is 110 Å². The largest absolute Gasteiger partial charge is 0.493 e. The number of ether oxygens (including phenoxy) is 2. The number of H-pyrrole nitrogens is 1. The van der Waals surface area contributed by atoms with Gasteiger partial charge in [0, 0.05) is 44.6 Å². The van der Waals surface area contributed by atoms with Gasteiger partial charge in [-0.2, -0.15) is 5.10 Å². The molecule has 4 rings (SSSR count). The maximum absolute atomic E-state index is 6.13. The Morgan fingerprint density at radius 1 is 1.31 bits per heavy atom. The van der Waals surface area contributed by atoms with E-state index >= 15 is 0 Å². The first-order chi connectivity index (χ1) is 15.7. The van der Waals surface area contributed by atoms with E-state index in [-0.39, 0.29) is 0 Å². The van der Waals surface area contributed by atoms with E-state index in [1.807, 2.05) is 12.1 Å². The molecule has 32 heavy (non-hydrogen) atoms. The van der Waals surface area contributed by atoms with Crippen LogP contribution in [0.3, 0.4) is 0 Å². The number of furan rings is 1. The second-order valence-electron chi connectivity index (χ2n) is 7.84. The molecule has 0 bridgehead atoms. The van der Waals surface area contributed by atoms with Gasteiger partial charge in [0.2, 0.25) is 5.82 Å². The monoisotopic (exact) mass is 438 g/mol. The van der Waals surface area contributed by atoms with Gasteiger partial charge in [-0.1, -0.05) is 12.1 Å².